The Morgan fingerprint density at radius 3 is 2.41 bits per heavy atom. The Labute approximate surface area is 224 Å². The minimum atomic E-state index is -2.70. The summed E-state index contributed by atoms with van der Waals surface area (Å²) in [6, 6.07) is 11.1. The van der Waals surface area contributed by atoms with Gasteiger partial charge in [-0.3, -0.25) is 15.3 Å². The normalized spacial score (nSPS) is 18.3. The fourth-order valence-electron chi connectivity index (χ4n) is 4.98. The summed E-state index contributed by atoms with van der Waals surface area (Å²) in [5, 5.41) is 11.9. The van der Waals surface area contributed by atoms with Gasteiger partial charge in [0, 0.05) is 56.0 Å². The first-order valence-corrected chi connectivity index (χ1v) is 12.8. The van der Waals surface area contributed by atoms with E-state index in [4.69, 9.17) is 5.41 Å². The molecule has 2 saturated heterocycles. The summed E-state index contributed by atoms with van der Waals surface area (Å²) in [6.45, 7) is 6.35. The third kappa shape index (κ3) is 6.27. The fourth-order valence-corrected chi connectivity index (χ4v) is 4.98. The molecule has 10 heteroatoms. The first-order valence-electron chi connectivity index (χ1n) is 12.8. The molecule has 2 aliphatic heterocycles. The zero-order valence-corrected chi connectivity index (χ0v) is 21.7. The van der Waals surface area contributed by atoms with Crippen LogP contribution in [0.5, 0.6) is 0 Å². The number of alkyl halides is 4. The van der Waals surface area contributed by atoms with Gasteiger partial charge >= 0.3 is 0 Å². The van der Waals surface area contributed by atoms with E-state index in [0.717, 1.165) is 22.3 Å². The number of aryl methyl sites for hydroxylation is 1. The van der Waals surface area contributed by atoms with Crippen LogP contribution in [0.1, 0.15) is 29.5 Å². The minimum absolute atomic E-state index is 0.126. The number of nitrogens with one attached hydrogen (secondary N) is 2. The maximum Gasteiger partial charge on any atom is 0.266 e. The molecule has 0 amide bonds. The van der Waals surface area contributed by atoms with E-state index in [-0.39, 0.29) is 38.2 Å². The van der Waals surface area contributed by atoms with Crippen molar-refractivity contribution < 1.29 is 17.6 Å². The monoisotopic (exact) mass is 538 g/mol. The highest BCUT2D eigenvalue weighted by Crippen LogP contribution is 2.31. The number of likely N-dealkylation sites (tertiary alicyclic amines) is 1. The number of nitrogens with zero attached hydrogens (tertiary/aromatic N) is 4. The predicted molar refractivity (Wildman–Crippen MR) is 145 cm³/mol. The van der Waals surface area contributed by atoms with Crippen LogP contribution in [0, 0.1) is 12.3 Å². The van der Waals surface area contributed by atoms with Gasteiger partial charge in [-0.05, 0) is 47.9 Å². The van der Waals surface area contributed by atoms with Gasteiger partial charge in [0.2, 0.25) is 0 Å². The molecule has 5 rings (SSSR count). The quantitative estimate of drug-likeness (QED) is 0.267. The fraction of sp³-hybridized carbons (Fsp3) is 0.345. The van der Waals surface area contributed by atoms with Crippen LogP contribution in [0.25, 0.3) is 11.1 Å². The largest absolute Gasteiger partial charge is 0.353 e. The third-order valence-corrected chi connectivity index (χ3v) is 7.13. The summed E-state index contributed by atoms with van der Waals surface area (Å²) >= 11 is 0. The van der Waals surface area contributed by atoms with Crippen LogP contribution in [0.4, 0.5) is 29.1 Å². The van der Waals surface area contributed by atoms with Gasteiger partial charge in [-0.2, -0.15) is 0 Å². The number of aromatic nitrogens is 2. The molecule has 2 aromatic heterocycles. The summed E-state index contributed by atoms with van der Waals surface area (Å²) in [4.78, 5) is 11.9. The summed E-state index contributed by atoms with van der Waals surface area (Å²) in [5.74, 6) is -4.86. The lowest BCUT2D eigenvalue weighted by molar-refractivity contribution is 0.0114. The van der Waals surface area contributed by atoms with Crippen molar-refractivity contribution in [2.75, 3.05) is 36.4 Å². The Hall–Kier alpha value is -3.79. The van der Waals surface area contributed by atoms with Gasteiger partial charge in [0.25, 0.3) is 11.8 Å². The lowest BCUT2D eigenvalue weighted by Gasteiger charge is -2.18. The van der Waals surface area contributed by atoms with Crippen molar-refractivity contribution in [2.24, 2.45) is 0 Å². The molecule has 2 fully saturated rings. The van der Waals surface area contributed by atoms with E-state index in [9.17, 15) is 17.6 Å². The number of hydrogen-bond donors (Lipinski definition) is 2. The first kappa shape index (κ1) is 26.8. The molecule has 2 N–H and O–H groups in total. The van der Waals surface area contributed by atoms with E-state index in [0.29, 0.717) is 35.9 Å². The van der Waals surface area contributed by atoms with Gasteiger partial charge < -0.3 is 10.2 Å². The highest BCUT2D eigenvalue weighted by atomic mass is 19.3. The molecule has 0 radical (unpaired) electrons. The molecule has 204 valence electrons. The van der Waals surface area contributed by atoms with Crippen LogP contribution in [0.15, 0.2) is 67.3 Å². The summed E-state index contributed by atoms with van der Waals surface area (Å²) in [5.41, 5.74) is 5.25. The summed E-state index contributed by atoms with van der Waals surface area (Å²) in [7, 11) is 0. The van der Waals surface area contributed by atoms with Gasteiger partial charge in [-0.1, -0.05) is 18.7 Å². The van der Waals surface area contributed by atoms with Gasteiger partial charge in [-0.25, -0.2) is 22.5 Å². The highest BCUT2D eigenvalue weighted by molar-refractivity contribution is 6.13. The van der Waals surface area contributed by atoms with Crippen LogP contribution in [-0.4, -0.2) is 58.6 Å². The van der Waals surface area contributed by atoms with Crippen LogP contribution < -0.4 is 10.2 Å². The second-order valence-electron chi connectivity index (χ2n) is 10.3. The molecule has 39 heavy (non-hydrogen) atoms. The topological polar surface area (TPSA) is 68.1 Å². The second-order valence-corrected chi connectivity index (χ2v) is 10.3. The van der Waals surface area contributed by atoms with E-state index in [1.807, 2.05) is 31.2 Å². The van der Waals surface area contributed by atoms with Crippen molar-refractivity contribution in [2.45, 2.75) is 38.2 Å². The zero-order valence-electron chi connectivity index (χ0n) is 21.7. The molecule has 0 unspecified atom stereocenters. The molecule has 0 atom stereocenters. The smallest absolute Gasteiger partial charge is 0.266 e. The third-order valence-electron chi connectivity index (χ3n) is 7.13. The number of anilines is 2. The average Bonchev–Trinajstić information content (AvgIpc) is 3.44. The average molecular weight is 539 g/mol. The Kier molecular flexibility index (Phi) is 7.15. The van der Waals surface area contributed by atoms with Crippen molar-refractivity contribution >= 4 is 17.2 Å². The SMILES string of the molecule is C=C(Nc1ccc(N2CCC(F)(F)C2)nc1)C(=N)c1cc(-c2cncc(CN3CCC(F)(F)C3)c2)ccc1C. The Bertz CT molecular complexity index is 1390. The lowest BCUT2D eigenvalue weighted by atomic mass is 9.96. The Morgan fingerprint density at radius 1 is 0.974 bits per heavy atom. The Morgan fingerprint density at radius 2 is 1.74 bits per heavy atom. The summed E-state index contributed by atoms with van der Waals surface area (Å²) < 4.78 is 54.2. The van der Waals surface area contributed by atoms with Crippen LogP contribution in [0.2, 0.25) is 0 Å². The number of hydrogen-bond acceptors (Lipinski definition) is 6. The standard InChI is InChI=1S/C29H30F4N6/c1-19-3-4-22(23-11-21(13-35-14-23)16-38-9-7-28(30,31)17-38)12-25(19)27(34)20(2)37-24-5-6-26(36-15-24)39-10-8-29(32,33)18-39/h3-6,11-15,34,37H,2,7-10,16-18H2,1H3. The molecule has 4 heterocycles. The number of pyridine rings is 2. The highest BCUT2D eigenvalue weighted by Gasteiger charge is 2.39. The van der Waals surface area contributed by atoms with E-state index in [2.05, 4.69) is 21.9 Å². The number of benzene rings is 1. The van der Waals surface area contributed by atoms with Crippen LogP contribution in [-0.2, 0) is 6.54 Å². The van der Waals surface area contributed by atoms with Gasteiger partial charge in [-0.15, -0.1) is 0 Å². The molecule has 3 aromatic rings. The van der Waals surface area contributed by atoms with Crippen molar-refractivity contribution in [3.05, 3.63) is 84.0 Å². The Balaban J connectivity index is 1.27. The van der Waals surface area contributed by atoms with Crippen molar-refractivity contribution in [3.8, 4) is 11.1 Å². The van der Waals surface area contributed by atoms with Gasteiger partial charge in [0.05, 0.1) is 36.4 Å². The molecular formula is C29H30F4N6. The van der Waals surface area contributed by atoms with Crippen molar-refractivity contribution in [3.63, 3.8) is 0 Å². The molecule has 0 aliphatic carbocycles. The molecule has 2 aliphatic rings. The molecule has 6 nitrogen and oxygen atoms in total. The number of rotatable bonds is 8. The van der Waals surface area contributed by atoms with E-state index >= 15 is 0 Å². The second kappa shape index (κ2) is 10.4. The molecule has 0 bridgehead atoms. The van der Waals surface area contributed by atoms with Crippen molar-refractivity contribution in [1.82, 2.24) is 14.9 Å². The van der Waals surface area contributed by atoms with Gasteiger partial charge in [0.1, 0.15) is 5.82 Å². The van der Waals surface area contributed by atoms with Crippen LogP contribution in [0.3, 0.4) is 0 Å². The van der Waals surface area contributed by atoms with E-state index in [1.54, 1.807) is 40.5 Å². The summed E-state index contributed by atoms with van der Waals surface area (Å²) in [6.07, 6.45) is 4.65. The molecule has 0 spiro atoms. The van der Waals surface area contributed by atoms with E-state index < -0.39 is 11.8 Å². The predicted octanol–water partition coefficient (Wildman–Crippen LogP) is 6.13. The maximum atomic E-state index is 13.6. The van der Waals surface area contributed by atoms with Crippen molar-refractivity contribution in [1.29, 1.82) is 5.41 Å². The van der Waals surface area contributed by atoms with Crippen LogP contribution >= 0.6 is 0 Å². The first-order chi connectivity index (χ1) is 18.5. The van der Waals surface area contributed by atoms with E-state index in [1.165, 1.54) is 0 Å². The lowest BCUT2D eigenvalue weighted by Crippen LogP contribution is -2.25. The number of allylic oxidation sites excluding steroid dienone is 1. The van der Waals surface area contributed by atoms with Gasteiger partial charge in [0.15, 0.2) is 0 Å². The zero-order chi connectivity index (χ0) is 27.8. The minimum Gasteiger partial charge on any atom is -0.353 e. The molecule has 1 aromatic carbocycles. The molecular weight excluding hydrogens is 508 g/mol. The maximum absolute atomic E-state index is 13.6. The molecule has 0 saturated carbocycles. The number of halogens is 4.